The molecule has 4 nitrogen and oxygen atoms in total. The van der Waals surface area contributed by atoms with Gasteiger partial charge < -0.3 is 14.8 Å². The molecule has 0 aromatic heterocycles. The third kappa shape index (κ3) is 3.67. The second kappa shape index (κ2) is 7.42. The van der Waals surface area contributed by atoms with Crippen molar-refractivity contribution in [1.82, 2.24) is 5.32 Å². The van der Waals surface area contributed by atoms with E-state index in [4.69, 9.17) is 9.47 Å². The standard InChI is InChI=1S/C17H15F4NO3/c1-8(10-6-9(24-2)4-5-13(10)25-3)22-17(23)11-7-12(18)15(20)16(21)14(11)19/h4-8H,1-3H3,(H,22,23). The van der Waals surface area contributed by atoms with Crippen molar-refractivity contribution in [2.45, 2.75) is 13.0 Å². The lowest BCUT2D eigenvalue weighted by molar-refractivity contribution is 0.0933. The fraction of sp³-hybridized carbons (Fsp3) is 0.235. The molecule has 1 atom stereocenters. The Bertz CT molecular complexity index is 811. The number of benzene rings is 2. The van der Waals surface area contributed by atoms with Crippen LogP contribution in [0.2, 0.25) is 0 Å². The first-order valence-electron chi connectivity index (χ1n) is 7.15. The first-order chi connectivity index (χ1) is 11.8. The van der Waals surface area contributed by atoms with Crippen LogP contribution in [0, 0.1) is 23.3 Å². The average molecular weight is 357 g/mol. The van der Waals surface area contributed by atoms with Gasteiger partial charge in [0.2, 0.25) is 0 Å². The number of carbonyl (C=O) groups excluding carboxylic acids is 1. The zero-order valence-electron chi connectivity index (χ0n) is 13.6. The highest BCUT2D eigenvalue weighted by Gasteiger charge is 2.24. The fourth-order valence-electron chi connectivity index (χ4n) is 2.27. The highest BCUT2D eigenvalue weighted by atomic mass is 19.2. The summed E-state index contributed by atoms with van der Waals surface area (Å²) in [7, 11) is 2.87. The Morgan fingerprint density at radius 2 is 1.68 bits per heavy atom. The topological polar surface area (TPSA) is 47.6 Å². The molecule has 25 heavy (non-hydrogen) atoms. The molecule has 0 bridgehead atoms. The van der Waals surface area contributed by atoms with E-state index in [9.17, 15) is 22.4 Å². The van der Waals surface area contributed by atoms with Gasteiger partial charge in [0.15, 0.2) is 23.3 Å². The van der Waals surface area contributed by atoms with Gasteiger partial charge in [-0.25, -0.2) is 17.6 Å². The summed E-state index contributed by atoms with van der Waals surface area (Å²) < 4.78 is 63.5. The van der Waals surface area contributed by atoms with E-state index >= 15 is 0 Å². The van der Waals surface area contributed by atoms with Crippen molar-refractivity contribution in [3.8, 4) is 11.5 Å². The molecule has 0 spiro atoms. The fourth-order valence-corrected chi connectivity index (χ4v) is 2.27. The Labute approximate surface area is 141 Å². The largest absolute Gasteiger partial charge is 0.497 e. The maximum absolute atomic E-state index is 13.7. The smallest absolute Gasteiger partial charge is 0.254 e. The molecule has 0 aliphatic heterocycles. The molecule has 0 saturated carbocycles. The van der Waals surface area contributed by atoms with Crippen LogP contribution in [0.5, 0.6) is 11.5 Å². The Hall–Kier alpha value is -2.77. The minimum Gasteiger partial charge on any atom is -0.497 e. The van der Waals surface area contributed by atoms with Gasteiger partial charge >= 0.3 is 0 Å². The molecule has 0 aliphatic carbocycles. The van der Waals surface area contributed by atoms with E-state index in [-0.39, 0.29) is 0 Å². The van der Waals surface area contributed by atoms with E-state index in [1.807, 2.05) is 0 Å². The molecule has 134 valence electrons. The summed E-state index contributed by atoms with van der Waals surface area (Å²) in [4.78, 5) is 12.1. The number of ether oxygens (including phenoxy) is 2. The van der Waals surface area contributed by atoms with Crippen LogP contribution in [0.25, 0.3) is 0 Å². The molecule has 8 heteroatoms. The molecule has 1 N–H and O–H groups in total. The Kier molecular flexibility index (Phi) is 5.51. The third-order valence-electron chi connectivity index (χ3n) is 3.60. The molecule has 0 saturated heterocycles. The highest BCUT2D eigenvalue weighted by molar-refractivity contribution is 5.94. The summed E-state index contributed by atoms with van der Waals surface area (Å²) in [5.41, 5.74) is -0.441. The number of methoxy groups -OCH3 is 2. The van der Waals surface area contributed by atoms with E-state index in [2.05, 4.69) is 5.32 Å². The van der Waals surface area contributed by atoms with Crippen LogP contribution in [0.15, 0.2) is 24.3 Å². The molecule has 2 rings (SSSR count). The number of carbonyl (C=O) groups is 1. The van der Waals surface area contributed by atoms with E-state index in [0.717, 1.165) is 0 Å². The van der Waals surface area contributed by atoms with E-state index in [1.165, 1.54) is 14.2 Å². The van der Waals surface area contributed by atoms with Crippen molar-refractivity contribution in [3.63, 3.8) is 0 Å². The molecule has 0 aliphatic rings. The maximum atomic E-state index is 13.7. The second-order valence-corrected chi connectivity index (χ2v) is 5.15. The molecule has 2 aromatic rings. The number of halogens is 4. The number of rotatable bonds is 5. The molecule has 0 fully saturated rings. The normalized spacial score (nSPS) is 11.8. The number of hydrogen-bond acceptors (Lipinski definition) is 3. The van der Waals surface area contributed by atoms with Gasteiger partial charge in [0.1, 0.15) is 11.5 Å². The zero-order chi connectivity index (χ0) is 18.7. The van der Waals surface area contributed by atoms with Crippen molar-refractivity contribution in [2.24, 2.45) is 0 Å². The minimum atomic E-state index is -2.04. The van der Waals surface area contributed by atoms with Gasteiger partial charge in [0, 0.05) is 5.56 Å². The van der Waals surface area contributed by atoms with Crippen LogP contribution in [-0.4, -0.2) is 20.1 Å². The van der Waals surface area contributed by atoms with Gasteiger partial charge in [-0.1, -0.05) is 0 Å². The maximum Gasteiger partial charge on any atom is 0.254 e. The summed E-state index contributed by atoms with van der Waals surface area (Å²) in [5.74, 6) is -7.63. The number of hydrogen-bond donors (Lipinski definition) is 1. The van der Waals surface area contributed by atoms with Gasteiger partial charge in [0.05, 0.1) is 25.8 Å². The molecule has 2 aromatic carbocycles. The number of amides is 1. The molecule has 0 radical (unpaired) electrons. The summed E-state index contributed by atoms with van der Waals surface area (Å²) >= 11 is 0. The van der Waals surface area contributed by atoms with Crippen LogP contribution < -0.4 is 14.8 Å². The first-order valence-corrected chi connectivity index (χ1v) is 7.15. The van der Waals surface area contributed by atoms with Crippen LogP contribution in [-0.2, 0) is 0 Å². The van der Waals surface area contributed by atoms with Crippen LogP contribution >= 0.6 is 0 Å². The van der Waals surface area contributed by atoms with Crippen molar-refractivity contribution in [3.05, 3.63) is 58.7 Å². The summed E-state index contributed by atoms with van der Waals surface area (Å²) in [6, 6.07) is 4.42. The predicted molar refractivity (Wildman–Crippen MR) is 81.7 cm³/mol. The zero-order valence-corrected chi connectivity index (χ0v) is 13.6. The number of nitrogens with one attached hydrogen (secondary N) is 1. The SMILES string of the molecule is COc1ccc(OC)c(C(C)NC(=O)c2cc(F)c(F)c(F)c2F)c1. The summed E-state index contributed by atoms with van der Waals surface area (Å²) in [6.07, 6.45) is 0. The predicted octanol–water partition coefficient (Wildman–Crippen LogP) is 3.75. The van der Waals surface area contributed by atoms with Crippen LogP contribution in [0.3, 0.4) is 0 Å². The minimum absolute atomic E-state index is 0.304. The van der Waals surface area contributed by atoms with Gasteiger partial charge in [-0.15, -0.1) is 0 Å². The van der Waals surface area contributed by atoms with E-state index in [1.54, 1.807) is 25.1 Å². The Balaban J connectivity index is 2.33. The molecular formula is C17H15F4NO3. The van der Waals surface area contributed by atoms with Crippen molar-refractivity contribution >= 4 is 5.91 Å². The quantitative estimate of drug-likeness (QED) is 0.504. The van der Waals surface area contributed by atoms with Gasteiger partial charge in [0.25, 0.3) is 5.91 Å². The van der Waals surface area contributed by atoms with Crippen molar-refractivity contribution in [2.75, 3.05) is 14.2 Å². The molecular weight excluding hydrogens is 342 g/mol. The molecule has 1 amide bonds. The molecule has 1 unspecified atom stereocenters. The first kappa shape index (κ1) is 18.6. The van der Waals surface area contributed by atoms with E-state index in [0.29, 0.717) is 23.1 Å². The lowest BCUT2D eigenvalue weighted by Gasteiger charge is -2.18. The van der Waals surface area contributed by atoms with Gasteiger partial charge in [-0.2, -0.15) is 0 Å². The van der Waals surface area contributed by atoms with Crippen LogP contribution in [0.4, 0.5) is 17.6 Å². The highest BCUT2D eigenvalue weighted by Crippen LogP contribution is 2.29. The van der Waals surface area contributed by atoms with Crippen molar-refractivity contribution in [1.29, 1.82) is 0 Å². The Morgan fingerprint density at radius 3 is 2.28 bits per heavy atom. The van der Waals surface area contributed by atoms with E-state index < -0.39 is 40.8 Å². The Morgan fingerprint density at radius 1 is 1.00 bits per heavy atom. The average Bonchev–Trinajstić information content (AvgIpc) is 2.62. The van der Waals surface area contributed by atoms with Crippen LogP contribution in [0.1, 0.15) is 28.9 Å². The van der Waals surface area contributed by atoms with Gasteiger partial charge in [-0.3, -0.25) is 4.79 Å². The lowest BCUT2D eigenvalue weighted by Crippen LogP contribution is -2.28. The second-order valence-electron chi connectivity index (χ2n) is 5.15. The monoisotopic (exact) mass is 357 g/mol. The van der Waals surface area contributed by atoms with Gasteiger partial charge in [-0.05, 0) is 31.2 Å². The summed E-state index contributed by atoms with van der Waals surface area (Å²) in [5, 5.41) is 2.38. The van der Waals surface area contributed by atoms with Crippen molar-refractivity contribution < 1.29 is 31.8 Å². The lowest BCUT2D eigenvalue weighted by atomic mass is 10.1. The molecule has 0 heterocycles. The third-order valence-corrected chi connectivity index (χ3v) is 3.60. The summed E-state index contributed by atoms with van der Waals surface area (Å²) in [6.45, 7) is 1.56.